The van der Waals surface area contributed by atoms with Crippen LogP contribution in [0.25, 0.3) is 5.57 Å². The molecule has 1 heterocycles. The largest absolute Gasteiger partial charge is 0.248 e. The van der Waals surface area contributed by atoms with E-state index in [0.29, 0.717) is 0 Å². The van der Waals surface area contributed by atoms with Crippen LogP contribution in [0.2, 0.25) is 5.02 Å². The zero-order valence-electron chi connectivity index (χ0n) is 24.6. The molecule has 0 N–H and O–H groups in total. The predicted molar refractivity (Wildman–Crippen MR) is 85.4 cm³/mol. The number of nitrogens with zero attached hydrogens (tertiary/aromatic N) is 1. The highest BCUT2D eigenvalue weighted by atomic mass is 35.5. The molecule has 0 bridgehead atoms. The van der Waals surface area contributed by atoms with Crippen molar-refractivity contribution in [3.8, 4) is 0 Å². The van der Waals surface area contributed by atoms with E-state index in [9.17, 15) is 1.37 Å². The summed E-state index contributed by atoms with van der Waals surface area (Å²) in [5.41, 5.74) is -2.16. The van der Waals surface area contributed by atoms with E-state index in [1.807, 2.05) is 0 Å². The van der Waals surface area contributed by atoms with Crippen LogP contribution in [-0.4, -0.2) is 0 Å². The van der Waals surface area contributed by atoms with Crippen molar-refractivity contribution in [3.63, 3.8) is 0 Å². The molecule has 0 amide bonds. The van der Waals surface area contributed by atoms with E-state index in [1.165, 1.54) is 18.2 Å². The summed E-state index contributed by atoms with van der Waals surface area (Å²) in [5.74, 6) is -6.66. The summed E-state index contributed by atoms with van der Waals surface area (Å²) in [7, 11) is 0. The van der Waals surface area contributed by atoms with E-state index in [2.05, 4.69) is 4.99 Å². The third kappa shape index (κ3) is 1.61. The van der Waals surface area contributed by atoms with Crippen molar-refractivity contribution in [1.82, 2.24) is 0 Å². The van der Waals surface area contributed by atoms with E-state index >= 15 is 0 Å². The second-order valence-electron chi connectivity index (χ2n) is 4.94. The Morgan fingerprint density at radius 3 is 3.10 bits per heavy atom. The van der Waals surface area contributed by atoms with E-state index in [1.54, 1.807) is 0 Å². The van der Waals surface area contributed by atoms with E-state index in [0.717, 1.165) is 6.08 Å². The molecule has 3 aliphatic carbocycles. The van der Waals surface area contributed by atoms with Gasteiger partial charge in [-0.25, -0.2) is 4.99 Å². The maximum atomic E-state index is 9.25. The second-order valence-corrected chi connectivity index (χ2v) is 5.35. The summed E-state index contributed by atoms with van der Waals surface area (Å²) in [6.07, 6.45) is -20.0. The highest BCUT2D eigenvalue weighted by molar-refractivity contribution is 6.30. The quantitative estimate of drug-likeness (QED) is 0.689. The standard InChI is InChI=1S/C19H18ClN/c20-16-6-3-7-17-18(16)14-9-8-13-12-5-2-1-4-11(12)10-15(13)19(14)21-17/h3,6-7,10,12-13H,1-2,4-5,8-9H2/i1D2,2D2,4D2,5D2,8D2,9D2,12D,13D. The fourth-order valence-corrected chi connectivity index (χ4v) is 3.15. The van der Waals surface area contributed by atoms with Crippen LogP contribution < -0.4 is 10.6 Å². The van der Waals surface area contributed by atoms with Crippen LogP contribution in [-0.2, 0) is 0 Å². The molecule has 0 aromatic heterocycles. The molecule has 2 heteroatoms. The van der Waals surface area contributed by atoms with Gasteiger partial charge in [0, 0.05) is 24.4 Å². The lowest BCUT2D eigenvalue weighted by Crippen LogP contribution is -2.25. The van der Waals surface area contributed by atoms with Gasteiger partial charge in [0.25, 0.3) is 0 Å². The van der Waals surface area contributed by atoms with Crippen LogP contribution in [0.15, 0.2) is 46.1 Å². The topological polar surface area (TPSA) is 12.4 Å². The van der Waals surface area contributed by atoms with Crippen LogP contribution in [0.4, 0.5) is 0 Å². The number of halogens is 1. The lowest BCUT2D eigenvalue weighted by atomic mass is 9.74. The number of rotatable bonds is 0. The van der Waals surface area contributed by atoms with Gasteiger partial charge in [0.05, 0.1) is 16.1 Å². The molecular weight excluding hydrogens is 278 g/mol. The van der Waals surface area contributed by atoms with Crippen molar-refractivity contribution in [2.75, 3.05) is 0 Å². The number of hydrogen-bond donors (Lipinski definition) is 0. The van der Waals surface area contributed by atoms with Crippen LogP contribution in [0.3, 0.4) is 0 Å². The molecule has 21 heavy (non-hydrogen) atoms. The van der Waals surface area contributed by atoms with Crippen LogP contribution in [0.1, 0.15) is 57.4 Å². The molecule has 2 atom stereocenters. The summed E-state index contributed by atoms with van der Waals surface area (Å²) in [6, 6.07) is 4.42. The van der Waals surface area contributed by atoms with Crippen molar-refractivity contribution in [2.24, 2.45) is 16.8 Å². The Balaban J connectivity index is 2.03. The van der Waals surface area contributed by atoms with Gasteiger partial charge < -0.3 is 0 Å². The minimum absolute atomic E-state index is 0.0379. The Morgan fingerprint density at radius 1 is 1.19 bits per heavy atom. The van der Waals surface area contributed by atoms with Gasteiger partial charge in [-0.05, 0) is 66.9 Å². The third-order valence-corrected chi connectivity index (χ3v) is 4.12. The first-order valence-corrected chi connectivity index (χ1v) is 6.84. The van der Waals surface area contributed by atoms with Gasteiger partial charge in [-0.15, -0.1) is 0 Å². The highest BCUT2D eigenvalue weighted by Crippen LogP contribution is 2.51. The van der Waals surface area contributed by atoms with Gasteiger partial charge in [-0.3, -0.25) is 0 Å². The molecule has 1 aromatic rings. The first-order valence-electron chi connectivity index (χ1n) is 13.5. The maximum absolute atomic E-state index is 9.25. The van der Waals surface area contributed by atoms with Crippen molar-refractivity contribution in [2.45, 2.75) is 38.2 Å². The van der Waals surface area contributed by atoms with Gasteiger partial charge in [-0.2, -0.15) is 0 Å². The molecule has 1 aromatic carbocycles. The Kier molecular flexibility index (Phi) is 0.995. The Hall–Kier alpha value is -1.34. The lowest BCUT2D eigenvalue weighted by molar-refractivity contribution is 0.357. The fourth-order valence-electron chi connectivity index (χ4n) is 2.89. The van der Waals surface area contributed by atoms with E-state index in [4.69, 9.17) is 29.4 Å². The number of allylic oxidation sites excluding steroid dienone is 4. The summed E-state index contributed by atoms with van der Waals surface area (Å²) >= 11 is 6.29. The predicted octanol–water partition coefficient (Wildman–Crippen LogP) is 3.92. The summed E-state index contributed by atoms with van der Waals surface area (Å²) in [6.45, 7) is 0. The number of hydrogen-bond acceptors (Lipinski definition) is 1. The van der Waals surface area contributed by atoms with Crippen molar-refractivity contribution >= 4 is 17.2 Å². The van der Waals surface area contributed by atoms with Gasteiger partial charge in [0.15, 0.2) is 0 Å². The van der Waals surface area contributed by atoms with E-state index < -0.39 is 61.2 Å². The van der Waals surface area contributed by atoms with E-state index in [-0.39, 0.29) is 26.9 Å². The van der Waals surface area contributed by atoms with Crippen molar-refractivity contribution in [3.05, 3.63) is 56.7 Å². The van der Waals surface area contributed by atoms with Crippen molar-refractivity contribution < 1.29 is 19.2 Å². The second kappa shape index (κ2) is 4.33. The first-order chi connectivity index (χ1) is 15.6. The minimum atomic E-state index is -3.71. The van der Waals surface area contributed by atoms with Crippen LogP contribution in [0, 0.1) is 11.8 Å². The first kappa shape index (κ1) is 4.83. The van der Waals surface area contributed by atoms with Crippen molar-refractivity contribution in [1.29, 1.82) is 0 Å². The average molecular weight is 310 g/mol. The highest BCUT2D eigenvalue weighted by Gasteiger charge is 2.39. The molecule has 2 unspecified atom stereocenters. The number of benzene rings is 1. The summed E-state index contributed by atoms with van der Waals surface area (Å²) < 4.78 is 120. The summed E-state index contributed by atoms with van der Waals surface area (Å²) in [5, 5.41) is 0.232. The minimum Gasteiger partial charge on any atom is -0.248 e. The number of fused-ring (bicyclic) bond motifs is 5. The SMILES string of the molecule is [2H]C1([2H])C2=CC3=C4N=c5cccc(Cl)c5=C4C([2H])([2H])C([2H])([2H])C3([2H])C2([2H])C([2H])([2H])C([2H])([2H])C1([2H])[2H]. The smallest absolute Gasteiger partial charge is 0.0728 e. The Labute approximate surface area is 149 Å². The zero-order chi connectivity index (χ0) is 26.6. The molecule has 4 aliphatic rings. The molecular formula is C19H18ClN. The normalized spacial score (nSPS) is 60.6. The third-order valence-electron chi connectivity index (χ3n) is 3.80. The zero-order valence-corrected chi connectivity index (χ0v) is 11.4. The molecule has 1 aliphatic heterocycles. The molecule has 0 spiro atoms. The fraction of sp³-hybridized carbons (Fsp3) is 0.421. The molecule has 5 rings (SSSR count). The summed E-state index contributed by atoms with van der Waals surface area (Å²) in [4.78, 5) is 4.31. The van der Waals surface area contributed by atoms with Crippen LogP contribution in [0.5, 0.6) is 0 Å². The average Bonchev–Trinajstić information content (AvgIpc) is 3.23. The molecule has 1 saturated carbocycles. The molecule has 0 saturated heterocycles. The Bertz CT molecular complexity index is 1410. The Morgan fingerprint density at radius 2 is 2.14 bits per heavy atom. The monoisotopic (exact) mass is 309 g/mol. The van der Waals surface area contributed by atoms with Gasteiger partial charge in [-0.1, -0.05) is 35.7 Å². The van der Waals surface area contributed by atoms with Gasteiger partial charge in [0.2, 0.25) is 0 Å². The maximum Gasteiger partial charge on any atom is 0.0728 e. The van der Waals surface area contributed by atoms with Crippen LogP contribution >= 0.6 is 11.6 Å². The molecule has 106 valence electrons. The molecule has 1 nitrogen and oxygen atoms in total. The lowest BCUT2D eigenvalue weighted by Gasteiger charge is -2.30. The molecule has 0 radical (unpaired) electrons. The van der Waals surface area contributed by atoms with Gasteiger partial charge in [0.1, 0.15) is 0 Å². The molecule has 1 fully saturated rings. The van der Waals surface area contributed by atoms with Gasteiger partial charge >= 0.3 is 0 Å².